The highest BCUT2D eigenvalue weighted by Gasteiger charge is 2.25. The second-order valence-electron chi connectivity index (χ2n) is 6.09. The number of carbonyl (C=O) groups excluding carboxylic acids is 1. The van der Waals surface area contributed by atoms with Crippen molar-refractivity contribution in [1.29, 1.82) is 0 Å². The minimum atomic E-state index is -0.160. The Morgan fingerprint density at radius 2 is 2.00 bits per heavy atom. The highest BCUT2D eigenvalue weighted by Crippen LogP contribution is 2.13. The Bertz CT molecular complexity index is 761. The molecule has 1 fully saturated rings. The first-order valence-electron chi connectivity index (χ1n) is 7.94. The molecule has 2 heterocycles. The fourth-order valence-corrected chi connectivity index (χ4v) is 3.02. The molecule has 0 spiro atoms. The second-order valence-corrected chi connectivity index (χ2v) is 6.09. The molecule has 2 atom stereocenters. The lowest BCUT2D eigenvalue weighted by Crippen LogP contribution is -2.48. The third-order valence-electron chi connectivity index (χ3n) is 4.01. The maximum atomic E-state index is 12.4. The van der Waals surface area contributed by atoms with Crippen LogP contribution in [0.3, 0.4) is 0 Å². The summed E-state index contributed by atoms with van der Waals surface area (Å²) in [6.45, 7) is 5.17. The van der Waals surface area contributed by atoms with Crippen molar-refractivity contribution < 1.29 is 9.53 Å². The minimum Gasteiger partial charge on any atom is -0.372 e. The molecule has 0 radical (unpaired) electrons. The summed E-state index contributed by atoms with van der Waals surface area (Å²) in [7, 11) is 0. The third-order valence-corrected chi connectivity index (χ3v) is 4.01. The first kappa shape index (κ1) is 15.7. The zero-order valence-corrected chi connectivity index (χ0v) is 13.4. The van der Waals surface area contributed by atoms with Crippen molar-refractivity contribution in [3.05, 3.63) is 40.4 Å². The van der Waals surface area contributed by atoms with Crippen LogP contribution in [-0.2, 0) is 16.0 Å². The lowest BCUT2D eigenvalue weighted by Gasteiger charge is -2.35. The van der Waals surface area contributed by atoms with Gasteiger partial charge < -0.3 is 14.6 Å². The summed E-state index contributed by atoms with van der Waals surface area (Å²) in [4.78, 5) is 33.4. The first-order chi connectivity index (χ1) is 11.0. The van der Waals surface area contributed by atoms with Crippen LogP contribution in [0.25, 0.3) is 10.9 Å². The van der Waals surface area contributed by atoms with E-state index in [4.69, 9.17) is 4.74 Å². The van der Waals surface area contributed by atoms with Crippen LogP contribution in [-0.4, -0.2) is 46.1 Å². The molecular weight excluding hydrogens is 294 g/mol. The fraction of sp³-hybridized carbons (Fsp3) is 0.471. The number of carbonyl (C=O) groups is 1. The number of benzene rings is 1. The average Bonchev–Trinajstić information content (AvgIpc) is 2.52. The molecule has 1 aliphatic rings. The zero-order valence-electron chi connectivity index (χ0n) is 13.4. The predicted octanol–water partition coefficient (Wildman–Crippen LogP) is 1.49. The van der Waals surface area contributed by atoms with Gasteiger partial charge in [0.1, 0.15) is 5.82 Å². The molecule has 1 aromatic heterocycles. The van der Waals surface area contributed by atoms with E-state index in [9.17, 15) is 9.59 Å². The average molecular weight is 315 g/mol. The van der Waals surface area contributed by atoms with Crippen molar-refractivity contribution in [2.24, 2.45) is 0 Å². The predicted molar refractivity (Wildman–Crippen MR) is 87.3 cm³/mol. The van der Waals surface area contributed by atoms with Gasteiger partial charge in [-0.1, -0.05) is 12.1 Å². The lowest BCUT2D eigenvalue weighted by atomic mass is 10.2. The molecule has 6 heteroatoms. The number of nitrogens with one attached hydrogen (secondary N) is 1. The number of aromatic nitrogens is 2. The number of hydrogen-bond acceptors (Lipinski definition) is 4. The summed E-state index contributed by atoms with van der Waals surface area (Å²) < 4.78 is 5.64. The van der Waals surface area contributed by atoms with Crippen LogP contribution in [0.5, 0.6) is 0 Å². The van der Waals surface area contributed by atoms with Gasteiger partial charge in [-0.25, -0.2) is 4.98 Å². The van der Waals surface area contributed by atoms with Crippen molar-refractivity contribution in [3.8, 4) is 0 Å². The van der Waals surface area contributed by atoms with E-state index in [0.29, 0.717) is 42.7 Å². The van der Waals surface area contributed by atoms with Crippen molar-refractivity contribution in [1.82, 2.24) is 14.9 Å². The molecule has 0 bridgehead atoms. The van der Waals surface area contributed by atoms with Gasteiger partial charge in [-0.05, 0) is 26.0 Å². The summed E-state index contributed by atoms with van der Waals surface area (Å²) in [5.41, 5.74) is 0.499. The van der Waals surface area contributed by atoms with Gasteiger partial charge in [-0.15, -0.1) is 0 Å². The molecule has 122 valence electrons. The van der Waals surface area contributed by atoms with Crippen LogP contribution in [0.15, 0.2) is 29.1 Å². The molecule has 23 heavy (non-hydrogen) atoms. The van der Waals surface area contributed by atoms with Crippen molar-refractivity contribution in [2.75, 3.05) is 13.1 Å². The van der Waals surface area contributed by atoms with Crippen LogP contribution >= 0.6 is 0 Å². The van der Waals surface area contributed by atoms with E-state index in [0.717, 1.165) is 0 Å². The summed E-state index contributed by atoms with van der Waals surface area (Å²) in [5.74, 6) is 0.624. The number of hydrogen-bond donors (Lipinski definition) is 1. The lowest BCUT2D eigenvalue weighted by molar-refractivity contribution is -0.143. The number of aryl methyl sites for hydroxylation is 1. The number of para-hydroxylation sites is 1. The largest absolute Gasteiger partial charge is 0.372 e. The Kier molecular flexibility index (Phi) is 4.43. The number of H-pyrrole nitrogens is 1. The molecule has 3 rings (SSSR count). The number of morpholine rings is 1. The molecule has 0 saturated carbocycles. The van der Waals surface area contributed by atoms with Gasteiger partial charge >= 0.3 is 0 Å². The quantitative estimate of drug-likeness (QED) is 0.931. The summed E-state index contributed by atoms with van der Waals surface area (Å²) in [6.07, 6.45) is 0.877. The molecule has 1 aromatic carbocycles. The van der Waals surface area contributed by atoms with E-state index in [-0.39, 0.29) is 23.7 Å². The van der Waals surface area contributed by atoms with Crippen LogP contribution in [0.4, 0.5) is 0 Å². The van der Waals surface area contributed by atoms with Crippen LogP contribution in [0.2, 0.25) is 0 Å². The van der Waals surface area contributed by atoms with Crippen molar-refractivity contribution in [3.63, 3.8) is 0 Å². The highest BCUT2D eigenvalue weighted by atomic mass is 16.5. The van der Waals surface area contributed by atoms with E-state index < -0.39 is 0 Å². The molecule has 6 nitrogen and oxygen atoms in total. The molecule has 0 aliphatic carbocycles. The van der Waals surface area contributed by atoms with Gasteiger partial charge in [0, 0.05) is 25.9 Å². The first-order valence-corrected chi connectivity index (χ1v) is 7.94. The van der Waals surface area contributed by atoms with Gasteiger partial charge in [0.2, 0.25) is 5.91 Å². The van der Waals surface area contributed by atoms with Crippen LogP contribution < -0.4 is 5.56 Å². The number of amides is 1. The third kappa shape index (κ3) is 3.59. The molecular formula is C17H21N3O3. The maximum absolute atomic E-state index is 12.4. The number of rotatable bonds is 3. The van der Waals surface area contributed by atoms with E-state index in [1.165, 1.54) is 0 Å². The van der Waals surface area contributed by atoms with Gasteiger partial charge in [0.05, 0.1) is 23.1 Å². The minimum absolute atomic E-state index is 0.0568. The number of nitrogens with zero attached hydrogens (tertiary/aromatic N) is 2. The summed E-state index contributed by atoms with van der Waals surface area (Å²) in [6, 6.07) is 7.21. The number of ether oxygens (including phenoxy) is 1. The van der Waals surface area contributed by atoms with Gasteiger partial charge in [-0.2, -0.15) is 0 Å². The van der Waals surface area contributed by atoms with E-state index in [1.807, 2.05) is 30.9 Å². The topological polar surface area (TPSA) is 75.3 Å². The molecule has 1 saturated heterocycles. The number of fused-ring (bicyclic) bond motifs is 1. The molecule has 1 amide bonds. The van der Waals surface area contributed by atoms with E-state index in [2.05, 4.69) is 9.97 Å². The Labute approximate surface area is 134 Å². The molecule has 1 N–H and O–H groups in total. The standard InChI is InChI=1S/C17H21N3O3/c1-11-9-20(10-12(2)23-11)16(21)8-7-15-18-14-6-4-3-5-13(14)17(22)19-15/h3-6,11-12H,7-10H2,1-2H3,(H,18,19,22). The van der Waals surface area contributed by atoms with E-state index >= 15 is 0 Å². The van der Waals surface area contributed by atoms with Crippen molar-refractivity contribution in [2.45, 2.75) is 38.9 Å². The SMILES string of the molecule is CC1CN(C(=O)CCc2nc3ccccc3c(=O)[nH]2)CC(C)O1. The molecule has 2 unspecified atom stereocenters. The van der Waals surface area contributed by atoms with Gasteiger partial charge in [0.15, 0.2) is 0 Å². The smallest absolute Gasteiger partial charge is 0.258 e. The second kappa shape index (κ2) is 6.50. The Morgan fingerprint density at radius 1 is 1.30 bits per heavy atom. The molecule has 1 aliphatic heterocycles. The maximum Gasteiger partial charge on any atom is 0.258 e. The monoisotopic (exact) mass is 315 g/mol. The Morgan fingerprint density at radius 3 is 2.74 bits per heavy atom. The Hall–Kier alpha value is -2.21. The van der Waals surface area contributed by atoms with E-state index in [1.54, 1.807) is 12.1 Å². The zero-order chi connectivity index (χ0) is 16.4. The summed E-state index contributed by atoms with van der Waals surface area (Å²) in [5, 5.41) is 0.568. The van der Waals surface area contributed by atoms with Crippen molar-refractivity contribution >= 4 is 16.8 Å². The molecule has 2 aromatic rings. The normalized spacial score (nSPS) is 21.6. The number of aromatic amines is 1. The highest BCUT2D eigenvalue weighted by molar-refractivity contribution is 5.78. The van der Waals surface area contributed by atoms with Gasteiger partial charge in [0.25, 0.3) is 5.56 Å². The summed E-state index contributed by atoms with van der Waals surface area (Å²) >= 11 is 0. The van der Waals surface area contributed by atoms with Crippen LogP contribution in [0, 0.1) is 0 Å². The fourth-order valence-electron chi connectivity index (χ4n) is 3.02. The van der Waals surface area contributed by atoms with Gasteiger partial charge in [-0.3, -0.25) is 9.59 Å². The Balaban J connectivity index is 1.68. The van der Waals surface area contributed by atoms with Crippen LogP contribution in [0.1, 0.15) is 26.1 Å².